The van der Waals surface area contributed by atoms with E-state index in [1.807, 2.05) is 12.1 Å². The third kappa shape index (κ3) is 3.03. The summed E-state index contributed by atoms with van der Waals surface area (Å²) in [6.07, 6.45) is 1.72. The summed E-state index contributed by atoms with van der Waals surface area (Å²) < 4.78 is 0. The first kappa shape index (κ1) is 18.1. The van der Waals surface area contributed by atoms with E-state index in [4.69, 9.17) is 0 Å². The lowest BCUT2D eigenvalue weighted by Gasteiger charge is -2.16. The summed E-state index contributed by atoms with van der Waals surface area (Å²) >= 11 is 0. The van der Waals surface area contributed by atoms with Crippen molar-refractivity contribution < 1.29 is 4.79 Å². The van der Waals surface area contributed by atoms with E-state index in [9.17, 15) is 4.79 Å². The van der Waals surface area contributed by atoms with Gasteiger partial charge in [-0.3, -0.25) is 4.79 Å². The number of fused-ring (bicyclic) bond motifs is 4. The number of carbonyl (C=O) groups is 1. The Morgan fingerprint density at radius 1 is 0.633 bits per heavy atom. The molecule has 0 fully saturated rings. The Bertz CT molecular complexity index is 1440. The van der Waals surface area contributed by atoms with Gasteiger partial charge in [0.2, 0.25) is 5.91 Å². The van der Waals surface area contributed by atoms with Crippen molar-refractivity contribution in [3.05, 3.63) is 114 Å². The van der Waals surface area contributed by atoms with Gasteiger partial charge in [0.1, 0.15) is 0 Å². The Balaban J connectivity index is 1.91. The minimum atomic E-state index is -0.116. The van der Waals surface area contributed by atoms with Gasteiger partial charge in [0.05, 0.1) is 0 Å². The zero-order valence-corrected chi connectivity index (χ0v) is 16.7. The Morgan fingerprint density at radius 2 is 1.23 bits per heavy atom. The van der Waals surface area contributed by atoms with Crippen LogP contribution in [0.2, 0.25) is 0 Å². The van der Waals surface area contributed by atoms with Crippen LogP contribution in [0.15, 0.2) is 103 Å². The van der Waals surface area contributed by atoms with Crippen molar-refractivity contribution in [3.63, 3.8) is 0 Å². The number of hydrogen-bond acceptors (Lipinski definition) is 1. The summed E-state index contributed by atoms with van der Waals surface area (Å²) in [5, 5.41) is 9.75. The van der Waals surface area contributed by atoms with Gasteiger partial charge in [-0.2, -0.15) is 0 Å². The third-order valence-electron chi connectivity index (χ3n) is 5.66. The van der Waals surface area contributed by atoms with E-state index in [1.165, 1.54) is 10.8 Å². The second-order valence-electron chi connectivity index (χ2n) is 7.39. The lowest BCUT2D eigenvalue weighted by molar-refractivity contribution is -0.116. The van der Waals surface area contributed by atoms with Gasteiger partial charge < -0.3 is 5.32 Å². The van der Waals surface area contributed by atoms with E-state index in [2.05, 4.69) is 90.2 Å². The second-order valence-corrected chi connectivity index (χ2v) is 7.39. The van der Waals surface area contributed by atoms with Gasteiger partial charge in [-0.15, -0.1) is 0 Å². The van der Waals surface area contributed by atoms with Gasteiger partial charge in [-0.25, -0.2) is 0 Å². The minimum absolute atomic E-state index is 0.116. The molecule has 0 aliphatic rings. The van der Waals surface area contributed by atoms with Crippen LogP contribution in [-0.4, -0.2) is 13.0 Å². The highest BCUT2D eigenvalue weighted by molar-refractivity contribution is 6.16. The van der Waals surface area contributed by atoms with Crippen molar-refractivity contribution in [1.82, 2.24) is 5.32 Å². The summed E-state index contributed by atoms with van der Waals surface area (Å²) in [6.45, 7) is 0. The van der Waals surface area contributed by atoms with Crippen molar-refractivity contribution in [2.75, 3.05) is 7.05 Å². The van der Waals surface area contributed by atoms with E-state index in [1.54, 1.807) is 13.1 Å². The van der Waals surface area contributed by atoms with Crippen LogP contribution in [0.1, 0.15) is 11.1 Å². The molecule has 1 N–H and O–H groups in total. The van der Waals surface area contributed by atoms with Crippen LogP contribution in [0.4, 0.5) is 0 Å². The SMILES string of the molecule is CNC(=O)C=C(c1cccc2ccccc12)c1cc2ccccc2c2ccccc12. The molecule has 0 atom stereocenters. The average molecular weight is 387 g/mol. The first-order valence-corrected chi connectivity index (χ1v) is 10.1. The zero-order chi connectivity index (χ0) is 20.5. The summed E-state index contributed by atoms with van der Waals surface area (Å²) in [4.78, 5) is 12.5. The van der Waals surface area contributed by atoms with Crippen LogP contribution < -0.4 is 5.32 Å². The highest BCUT2D eigenvalue weighted by atomic mass is 16.1. The molecule has 0 aromatic heterocycles. The number of rotatable bonds is 3. The maximum atomic E-state index is 12.5. The Labute approximate surface area is 175 Å². The van der Waals surface area contributed by atoms with E-state index >= 15 is 0 Å². The molecule has 0 bridgehead atoms. The van der Waals surface area contributed by atoms with Gasteiger partial charge in [0.25, 0.3) is 0 Å². The average Bonchev–Trinajstić information content (AvgIpc) is 2.81. The maximum Gasteiger partial charge on any atom is 0.244 e. The van der Waals surface area contributed by atoms with Crippen LogP contribution in [0, 0.1) is 0 Å². The van der Waals surface area contributed by atoms with Crippen LogP contribution in [0.5, 0.6) is 0 Å². The van der Waals surface area contributed by atoms with Crippen LogP contribution in [0.25, 0.3) is 37.9 Å². The molecular weight excluding hydrogens is 366 g/mol. The monoisotopic (exact) mass is 387 g/mol. The molecular formula is C28H21NO. The van der Waals surface area contributed by atoms with Crippen molar-refractivity contribution in [2.45, 2.75) is 0 Å². The summed E-state index contributed by atoms with van der Waals surface area (Å²) in [6, 6.07) is 33.6. The van der Waals surface area contributed by atoms with E-state index < -0.39 is 0 Å². The van der Waals surface area contributed by atoms with Crippen molar-refractivity contribution in [3.8, 4) is 0 Å². The highest BCUT2D eigenvalue weighted by Crippen LogP contribution is 2.37. The van der Waals surface area contributed by atoms with Gasteiger partial charge >= 0.3 is 0 Å². The van der Waals surface area contributed by atoms with Crippen molar-refractivity contribution >= 4 is 43.8 Å². The molecule has 5 aromatic rings. The number of nitrogens with one attached hydrogen (secondary N) is 1. The summed E-state index contributed by atoms with van der Waals surface area (Å²) in [5.41, 5.74) is 3.04. The normalized spacial score (nSPS) is 11.8. The predicted octanol–water partition coefficient (Wildman–Crippen LogP) is 6.32. The lowest BCUT2D eigenvalue weighted by Crippen LogP contribution is -2.15. The first-order chi connectivity index (χ1) is 14.8. The van der Waals surface area contributed by atoms with Gasteiger partial charge in [0.15, 0.2) is 0 Å². The summed E-state index contributed by atoms with van der Waals surface area (Å²) in [7, 11) is 1.66. The van der Waals surface area contributed by atoms with Crippen molar-refractivity contribution in [1.29, 1.82) is 0 Å². The molecule has 0 spiro atoms. The molecule has 0 saturated heterocycles. The van der Waals surface area contributed by atoms with E-state index in [0.29, 0.717) is 0 Å². The molecule has 0 aliphatic heterocycles. The fourth-order valence-electron chi connectivity index (χ4n) is 4.24. The van der Waals surface area contributed by atoms with Gasteiger partial charge in [0, 0.05) is 13.1 Å². The predicted molar refractivity (Wildman–Crippen MR) is 127 cm³/mol. The van der Waals surface area contributed by atoms with Crippen LogP contribution in [-0.2, 0) is 4.79 Å². The number of benzene rings is 5. The standard InChI is InChI=1S/C28H21NO/c1-29-28(30)18-27(24-16-8-11-19-9-2-4-12-21(19)24)26-17-20-10-3-5-13-22(20)23-14-6-7-15-25(23)26/h2-18H,1H3,(H,29,30). The molecule has 0 unspecified atom stereocenters. The third-order valence-corrected chi connectivity index (χ3v) is 5.66. The van der Waals surface area contributed by atoms with E-state index in [0.717, 1.165) is 38.2 Å². The molecule has 0 saturated carbocycles. The lowest BCUT2D eigenvalue weighted by atomic mass is 9.87. The molecule has 0 radical (unpaired) electrons. The fourth-order valence-corrected chi connectivity index (χ4v) is 4.24. The topological polar surface area (TPSA) is 29.1 Å². The minimum Gasteiger partial charge on any atom is -0.356 e. The summed E-state index contributed by atoms with van der Waals surface area (Å²) in [5.74, 6) is -0.116. The molecule has 144 valence electrons. The van der Waals surface area contributed by atoms with Crippen molar-refractivity contribution in [2.24, 2.45) is 0 Å². The largest absolute Gasteiger partial charge is 0.356 e. The molecule has 2 nitrogen and oxygen atoms in total. The molecule has 0 heterocycles. The highest BCUT2D eigenvalue weighted by Gasteiger charge is 2.15. The van der Waals surface area contributed by atoms with E-state index in [-0.39, 0.29) is 5.91 Å². The van der Waals surface area contributed by atoms with Crippen LogP contribution in [0.3, 0.4) is 0 Å². The van der Waals surface area contributed by atoms with Gasteiger partial charge in [-0.1, -0.05) is 91.0 Å². The second kappa shape index (κ2) is 7.49. The molecule has 2 heteroatoms. The van der Waals surface area contributed by atoms with Crippen LogP contribution >= 0.6 is 0 Å². The number of amides is 1. The molecule has 0 aliphatic carbocycles. The zero-order valence-electron chi connectivity index (χ0n) is 16.7. The number of hydrogen-bond donors (Lipinski definition) is 1. The molecule has 30 heavy (non-hydrogen) atoms. The maximum absolute atomic E-state index is 12.5. The Kier molecular flexibility index (Phi) is 4.53. The molecule has 1 amide bonds. The fraction of sp³-hybridized carbons (Fsp3) is 0.0357. The quantitative estimate of drug-likeness (QED) is 0.285. The Morgan fingerprint density at radius 3 is 2.00 bits per heavy atom. The molecule has 5 rings (SSSR count). The molecule has 5 aromatic carbocycles. The first-order valence-electron chi connectivity index (χ1n) is 10.1. The van der Waals surface area contributed by atoms with Gasteiger partial charge in [-0.05, 0) is 55.1 Å². The number of carbonyl (C=O) groups excluding carboxylic acids is 1. The smallest absolute Gasteiger partial charge is 0.244 e. The number of likely N-dealkylation sites (N-methyl/N-ethyl adjacent to an activating group) is 1. The Hall–Kier alpha value is -3.91.